The fourth-order valence-electron chi connectivity index (χ4n) is 4.90. The summed E-state index contributed by atoms with van der Waals surface area (Å²) in [5, 5.41) is 38.9. The molecule has 0 aliphatic rings. The van der Waals surface area contributed by atoms with Crippen LogP contribution in [-0.4, -0.2) is 60.1 Å². The number of hydrogen-bond acceptors (Lipinski definition) is 9. The molecular weight excluding hydrogens is 682 g/mol. The quantitative estimate of drug-likeness (QED) is 0.102. The van der Waals surface area contributed by atoms with Gasteiger partial charge in [-0.2, -0.15) is 16.9 Å². The van der Waals surface area contributed by atoms with Gasteiger partial charge in [-0.1, -0.05) is 41.6 Å². The molecular formula is C35H34ClN7O4S2. The number of aliphatic hydroxyl groups is 1. The van der Waals surface area contributed by atoms with Gasteiger partial charge in [0, 0.05) is 40.2 Å². The SMILES string of the molecule is CSC(C)(C)c1cc(NC(=O)NCc2ccccc2Sc2ccc3nnc(-c4ccc(OCCO)cc4)n3c2)n(-c2ccc(Cl)c(O)c2)n1. The number of rotatable bonds is 12. The topological polar surface area (TPSA) is 139 Å². The Hall–Kier alpha value is -4.69. The summed E-state index contributed by atoms with van der Waals surface area (Å²) in [7, 11) is 0. The fraction of sp³-hybridized carbons (Fsp3) is 0.200. The molecule has 0 fully saturated rings. The first kappa shape index (κ1) is 34.2. The summed E-state index contributed by atoms with van der Waals surface area (Å²) >= 11 is 9.25. The number of nitrogens with zero attached hydrogens (tertiary/aromatic N) is 5. The molecule has 6 rings (SSSR count). The maximum absolute atomic E-state index is 13.3. The van der Waals surface area contributed by atoms with E-state index < -0.39 is 6.03 Å². The lowest BCUT2D eigenvalue weighted by Gasteiger charge is -2.18. The Labute approximate surface area is 296 Å². The number of urea groups is 1. The molecule has 0 atom stereocenters. The molecule has 0 unspecified atom stereocenters. The van der Waals surface area contributed by atoms with Crippen LogP contribution >= 0.6 is 35.1 Å². The molecule has 11 nitrogen and oxygen atoms in total. The molecule has 0 saturated heterocycles. The number of phenolic OH excluding ortho intramolecular Hbond substituents is 1. The summed E-state index contributed by atoms with van der Waals surface area (Å²) in [5.41, 5.74) is 3.84. The van der Waals surface area contributed by atoms with Crippen molar-refractivity contribution in [3.05, 3.63) is 107 Å². The highest BCUT2D eigenvalue weighted by molar-refractivity contribution is 7.99. The Morgan fingerprint density at radius 1 is 1.02 bits per heavy atom. The summed E-state index contributed by atoms with van der Waals surface area (Å²) in [4.78, 5) is 15.2. The van der Waals surface area contributed by atoms with E-state index in [0.29, 0.717) is 28.7 Å². The summed E-state index contributed by atoms with van der Waals surface area (Å²) in [6.07, 6.45) is 3.99. The van der Waals surface area contributed by atoms with E-state index in [4.69, 9.17) is 26.5 Å². The first-order chi connectivity index (χ1) is 23.6. The van der Waals surface area contributed by atoms with Gasteiger partial charge in [0.25, 0.3) is 0 Å². The molecule has 0 saturated carbocycles. The van der Waals surface area contributed by atoms with Crippen LogP contribution in [0.25, 0.3) is 22.7 Å². The molecule has 0 bridgehead atoms. The zero-order valence-electron chi connectivity index (χ0n) is 26.9. The predicted octanol–water partition coefficient (Wildman–Crippen LogP) is 7.38. The molecule has 3 heterocycles. The Balaban J connectivity index is 1.18. The number of hydrogen-bond donors (Lipinski definition) is 4. The van der Waals surface area contributed by atoms with E-state index in [2.05, 4.69) is 34.7 Å². The van der Waals surface area contributed by atoms with Crippen LogP contribution in [0.4, 0.5) is 10.6 Å². The van der Waals surface area contributed by atoms with E-state index >= 15 is 0 Å². The van der Waals surface area contributed by atoms with Crippen molar-refractivity contribution in [3.8, 4) is 28.6 Å². The molecule has 4 N–H and O–H groups in total. The van der Waals surface area contributed by atoms with Crippen molar-refractivity contribution >= 4 is 52.6 Å². The number of aromatic hydroxyl groups is 1. The van der Waals surface area contributed by atoms with Crippen LogP contribution < -0.4 is 15.4 Å². The van der Waals surface area contributed by atoms with E-state index in [1.165, 1.54) is 6.07 Å². The molecule has 14 heteroatoms. The Morgan fingerprint density at radius 2 is 1.82 bits per heavy atom. The summed E-state index contributed by atoms with van der Waals surface area (Å²) in [6.45, 7) is 4.57. The molecule has 3 aromatic carbocycles. The summed E-state index contributed by atoms with van der Waals surface area (Å²) in [6, 6.07) is 25.5. The maximum Gasteiger partial charge on any atom is 0.320 e. The number of pyridine rings is 1. The lowest BCUT2D eigenvalue weighted by Crippen LogP contribution is -2.29. The van der Waals surface area contributed by atoms with E-state index in [-0.39, 0.29) is 35.3 Å². The Morgan fingerprint density at radius 3 is 2.57 bits per heavy atom. The third-order valence-electron chi connectivity index (χ3n) is 7.74. The van der Waals surface area contributed by atoms with Gasteiger partial charge in [-0.05, 0) is 80.3 Å². The fourth-order valence-corrected chi connectivity index (χ4v) is 6.30. The first-order valence-electron chi connectivity index (χ1n) is 15.3. The standard InChI is InChI=1S/C35H34ClN7O4S2/c1-35(2,48-3)30-19-32(43(41-30)24-10-14-27(36)28(45)18-24)38-34(46)37-20-23-6-4-5-7-29(23)49-26-13-15-31-39-40-33(42(31)21-26)22-8-11-25(12-9-22)47-17-16-44/h4-15,18-19,21,44-45H,16-17,20H2,1-3H3,(H2,37,38,46). The third-order valence-corrected chi connectivity index (χ3v) is 10.4. The average molecular weight is 716 g/mol. The van der Waals surface area contributed by atoms with Crippen LogP contribution in [0.1, 0.15) is 25.1 Å². The molecule has 0 aliphatic heterocycles. The minimum Gasteiger partial charge on any atom is -0.506 e. The highest BCUT2D eigenvalue weighted by atomic mass is 35.5. The van der Waals surface area contributed by atoms with E-state index in [0.717, 1.165) is 26.6 Å². The highest BCUT2D eigenvalue weighted by Crippen LogP contribution is 2.36. The van der Waals surface area contributed by atoms with Crippen LogP contribution in [0, 0.1) is 0 Å². The normalized spacial score (nSPS) is 11.5. The molecule has 252 valence electrons. The number of aromatic nitrogens is 5. The first-order valence-corrected chi connectivity index (χ1v) is 17.7. The smallest absolute Gasteiger partial charge is 0.320 e. The number of phenols is 1. The average Bonchev–Trinajstić information content (AvgIpc) is 3.73. The lowest BCUT2D eigenvalue weighted by molar-refractivity contribution is 0.201. The van der Waals surface area contributed by atoms with Gasteiger partial charge in [0.2, 0.25) is 0 Å². The van der Waals surface area contributed by atoms with Crippen LogP contribution in [0.2, 0.25) is 5.02 Å². The number of anilines is 1. The second-order valence-corrected chi connectivity index (χ2v) is 14.4. The van der Waals surface area contributed by atoms with Gasteiger partial charge in [0.05, 0.1) is 27.8 Å². The third kappa shape index (κ3) is 7.81. The second-order valence-electron chi connectivity index (χ2n) is 11.4. The van der Waals surface area contributed by atoms with Crippen molar-refractivity contribution in [2.45, 2.75) is 34.9 Å². The number of ether oxygens (including phenoxy) is 1. The van der Waals surface area contributed by atoms with E-state index in [1.54, 1.807) is 40.3 Å². The number of thioether (sulfide) groups is 1. The number of nitrogens with one attached hydrogen (secondary N) is 2. The number of benzene rings is 3. The van der Waals surface area contributed by atoms with Crippen LogP contribution in [-0.2, 0) is 11.3 Å². The minimum absolute atomic E-state index is 0.0500. The van der Waals surface area contributed by atoms with Gasteiger partial charge in [-0.25, -0.2) is 9.48 Å². The van der Waals surface area contributed by atoms with Gasteiger partial charge in [-0.15, -0.1) is 10.2 Å². The van der Waals surface area contributed by atoms with Crippen molar-refractivity contribution in [2.75, 3.05) is 24.8 Å². The number of amides is 2. The monoisotopic (exact) mass is 715 g/mol. The molecule has 0 radical (unpaired) electrons. The molecule has 0 aliphatic carbocycles. The van der Waals surface area contributed by atoms with Crippen molar-refractivity contribution < 1.29 is 19.7 Å². The number of carbonyl (C=O) groups excluding carboxylic acids is 1. The van der Waals surface area contributed by atoms with Crippen LogP contribution in [0.5, 0.6) is 11.5 Å². The molecule has 49 heavy (non-hydrogen) atoms. The molecule has 3 aromatic heterocycles. The number of fused-ring (bicyclic) bond motifs is 1. The van der Waals surface area contributed by atoms with Crippen molar-refractivity contribution in [1.29, 1.82) is 0 Å². The lowest BCUT2D eigenvalue weighted by atomic mass is 10.1. The van der Waals surface area contributed by atoms with E-state index in [9.17, 15) is 9.90 Å². The molecule has 0 spiro atoms. The number of halogens is 1. The number of aliphatic hydroxyl groups excluding tert-OH is 1. The van der Waals surface area contributed by atoms with Gasteiger partial charge in [0.1, 0.15) is 23.9 Å². The second kappa shape index (κ2) is 14.8. The summed E-state index contributed by atoms with van der Waals surface area (Å²) in [5.74, 6) is 1.72. The molecule has 2 amide bonds. The van der Waals surface area contributed by atoms with Crippen LogP contribution in [0.3, 0.4) is 0 Å². The zero-order valence-corrected chi connectivity index (χ0v) is 29.3. The van der Waals surface area contributed by atoms with Gasteiger partial charge < -0.3 is 20.3 Å². The zero-order chi connectivity index (χ0) is 34.5. The predicted molar refractivity (Wildman–Crippen MR) is 194 cm³/mol. The largest absolute Gasteiger partial charge is 0.506 e. The van der Waals surface area contributed by atoms with Crippen LogP contribution in [0.15, 0.2) is 101 Å². The van der Waals surface area contributed by atoms with Gasteiger partial charge in [0.15, 0.2) is 11.5 Å². The molecule has 6 aromatic rings. The Kier molecular flexibility index (Phi) is 10.3. The van der Waals surface area contributed by atoms with Crippen molar-refractivity contribution in [3.63, 3.8) is 0 Å². The number of carbonyl (C=O) groups is 1. The van der Waals surface area contributed by atoms with Gasteiger partial charge >= 0.3 is 6.03 Å². The summed E-state index contributed by atoms with van der Waals surface area (Å²) < 4.78 is 8.69. The van der Waals surface area contributed by atoms with E-state index in [1.807, 2.05) is 83.6 Å². The maximum atomic E-state index is 13.3. The highest BCUT2D eigenvalue weighted by Gasteiger charge is 2.25. The van der Waals surface area contributed by atoms with Crippen molar-refractivity contribution in [1.82, 2.24) is 29.7 Å². The van der Waals surface area contributed by atoms with Gasteiger partial charge in [-0.3, -0.25) is 9.72 Å². The minimum atomic E-state index is -0.407. The Bertz CT molecular complexity index is 2100. The van der Waals surface area contributed by atoms with Crippen molar-refractivity contribution in [2.24, 2.45) is 0 Å².